The average Bonchev–Trinajstić information content (AvgIpc) is 3.30. The van der Waals surface area contributed by atoms with Crippen molar-refractivity contribution in [2.24, 2.45) is 0 Å². The highest BCUT2D eigenvalue weighted by Crippen LogP contribution is 2.40. The Balaban J connectivity index is 1.63. The van der Waals surface area contributed by atoms with Crippen LogP contribution in [0.3, 0.4) is 0 Å². The van der Waals surface area contributed by atoms with Gasteiger partial charge in [0.1, 0.15) is 5.82 Å². The third kappa shape index (κ3) is 2.85. The minimum absolute atomic E-state index is 0.0344. The van der Waals surface area contributed by atoms with E-state index in [2.05, 4.69) is 35.1 Å². The summed E-state index contributed by atoms with van der Waals surface area (Å²) in [5.74, 6) is 0.742. The van der Waals surface area contributed by atoms with Crippen LogP contribution < -0.4 is 15.5 Å². The van der Waals surface area contributed by atoms with Crippen molar-refractivity contribution in [3.05, 3.63) is 53.9 Å². The van der Waals surface area contributed by atoms with E-state index in [9.17, 15) is 9.59 Å². The number of imidazole rings is 1. The Hall–Kier alpha value is -3.35. The molecule has 29 heavy (non-hydrogen) atoms. The van der Waals surface area contributed by atoms with Crippen molar-refractivity contribution < 1.29 is 9.59 Å². The molecule has 3 heterocycles. The van der Waals surface area contributed by atoms with Crippen LogP contribution in [0.5, 0.6) is 0 Å². The number of amides is 3. The molecule has 0 bridgehead atoms. The average molecular weight is 389 g/mol. The maximum atomic E-state index is 12.6. The van der Waals surface area contributed by atoms with Gasteiger partial charge in [-0.05, 0) is 43.7 Å². The molecule has 1 saturated heterocycles. The van der Waals surface area contributed by atoms with Gasteiger partial charge in [-0.2, -0.15) is 0 Å². The summed E-state index contributed by atoms with van der Waals surface area (Å²) in [6.07, 6.45) is 0.354. The number of carbonyl (C=O) groups excluding carboxylic acids is 2. The normalized spacial score (nSPS) is 18.9. The lowest BCUT2D eigenvalue weighted by Crippen LogP contribution is -2.29. The molecular formula is C22H23N5O2. The SMILES string of the molecule is CC(C)n1c(C2CC(=O)Nc3cc(N4CCNC4=O)ccc32)nc2ccccc21. The van der Waals surface area contributed by atoms with Crippen molar-refractivity contribution in [2.75, 3.05) is 23.3 Å². The van der Waals surface area contributed by atoms with Crippen LogP contribution in [-0.4, -0.2) is 34.6 Å². The van der Waals surface area contributed by atoms with E-state index >= 15 is 0 Å². The third-order valence-corrected chi connectivity index (χ3v) is 5.70. The maximum absolute atomic E-state index is 12.6. The van der Waals surface area contributed by atoms with Gasteiger partial charge in [0.05, 0.1) is 17.0 Å². The zero-order valence-electron chi connectivity index (χ0n) is 16.5. The Morgan fingerprint density at radius 2 is 1.97 bits per heavy atom. The largest absolute Gasteiger partial charge is 0.336 e. The Bertz CT molecular complexity index is 1130. The van der Waals surface area contributed by atoms with Crippen LogP contribution in [0, 0.1) is 0 Å². The number of nitrogens with zero attached hydrogens (tertiary/aromatic N) is 3. The Morgan fingerprint density at radius 3 is 2.72 bits per heavy atom. The monoisotopic (exact) mass is 389 g/mol. The van der Waals surface area contributed by atoms with Gasteiger partial charge in [-0.15, -0.1) is 0 Å². The summed E-state index contributed by atoms with van der Waals surface area (Å²) in [6, 6.07) is 14.1. The van der Waals surface area contributed by atoms with Gasteiger partial charge in [-0.1, -0.05) is 18.2 Å². The first-order valence-corrected chi connectivity index (χ1v) is 9.99. The molecule has 2 aliphatic heterocycles. The number of benzene rings is 2. The summed E-state index contributed by atoms with van der Waals surface area (Å²) in [7, 11) is 0. The van der Waals surface area contributed by atoms with Gasteiger partial charge in [-0.25, -0.2) is 9.78 Å². The molecule has 5 rings (SSSR count). The second-order valence-corrected chi connectivity index (χ2v) is 7.88. The van der Waals surface area contributed by atoms with Crippen LogP contribution in [0.15, 0.2) is 42.5 Å². The van der Waals surface area contributed by atoms with E-state index in [4.69, 9.17) is 4.98 Å². The summed E-state index contributed by atoms with van der Waals surface area (Å²) < 4.78 is 2.23. The molecule has 1 unspecified atom stereocenters. The van der Waals surface area contributed by atoms with Crippen LogP contribution in [0.2, 0.25) is 0 Å². The molecule has 7 heteroatoms. The molecular weight excluding hydrogens is 366 g/mol. The fourth-order valence-corrected chi connectivity index (χ4v) is 4.42. The van der Waals surface area contributed by atoms with Gasteiger partial charge in [-0.3, -0.25) is 9.69 Å². The molecule has 0 radical (unpaired) electrons. The number of anilines is 2. The van der Waals surface area contributed by atoms with E-state index in [-0.39, 0.29) is 23.9 Å². The number of fused-ring (bicyclic) bond motifs is 2. The van der Waals surface area contributed by atoms with E-state index in [1.807, 2.05) is 36.4 Å². The first-order valence-electron chi connectivity index (χ1n) is 9.99. The molecule has 1 atom stereocenters. The third-order valence-electron chi connectivity index (χ3n) is 5.70. The first-order chi connectivity index (χ1) is 14.0. The number of hydrogen-bond donors (Lipinski definition) is 2. The number of hydrogen-bond acceptors (Lipinski definition) is 3. The van der Waals surface area contributed by atoms with Crippen molar-refractivity contribution in [1.29, 1.82) is 0 Å². The number of carbonyl (C=O) groups is 2. The molecule has 3 amide bonds. The predicted octanol–water partition coefficient (Wildman–Crippen LogP) is 3.62. The molecule has 1 aromatic heterocycles. The topological polar surface area (TPSA) is 79.3 Å². The van der Waals surface area contributed by atoms with Crippen LogP contribution >= 0.6 is 0 Å². The highest BCUT2D eigenvalue weighted by Gasteiger charge is 2.32. The van der Waals surface area contributed by atoms with E-state index in [0.29, 0.717) is 19.5 Å². The van der Waals surface area contributed by atoms with Crippen molar-refractivity contribution in [3.63, 3.8) is 0 Å². The second kappa shape index (κ2) is 6.62. The molecule has 0 spiro atoms. The smallest absolute Gasteiger partial charge is 0.321 e. The highest BCUT2D eigenvalue weighted by molar-refractivity contribution is 5.98. The van der Waals surface area contributed by atoms with E-state index in [1.165, 1.54) is 0 Å². The molecule has 0 aliphatic carbocycles. The van der Waals surface area contributed by atoms with Gasteiger partial charge >= 0.3 is 6.03 Å². The van der Waals surface area contributed by atoms with Crippen LogP contribution in [0.1, 0.15) is 43.6 Å². The fourth-order valence-electron chi connectivity index (χ4n) is 4.42. The maximum Gasteiger partial charge on any atom is 0.321 e. The molecule has 2 N–H and O–H groups in total. The Morgan fingerprint density at radius 1 is 1.14 bits per heavy atom. The molecule has 7 nitrogen and oxygen atoms in total. The van der Waals surface area contributed by atoms with Crippen molar-refractivity contribution in [2.45, 2.75) is 32.2 Å². The van der Waals surface area contributed by atoms with E-state index < -0.39 is 0 Å². The lowest BCUT2D eigenvalue weighted by Gasteiger charge is -2.28. The number of rotatable bonds is 3. The van der Waals surface area contributed by atoms with Gasteiger partial charge in [0.25, 0.3) is 0 Å². The summed E-state index contributed by atoms with van der Waals surface area (Å²) >= 11 is 0. The highest BCUT2D eigenvalue weighted by atomic mass is 16.2. The Labute approximate surface area is 168 Å². The zero-order valence-corrected chi connectivity index (χ0v) is 16.5. The molecule has 0 saturated carbocycles. The molecule has 3 aromatic rings. The Kier molecular flexibility index (Phi) is 4.04. The fraction of sp³-hybridized carbons (Fsp3) is 0.318. The van der Waals surface area contributed by atoms with Crippen LogP contribution in [-0.2, 0) is 4.79 Å². The number of nitrogens with one attached hydrogen (secondary N) is 2. The minimum Gasteiger partial charge on any atom is -0.336 e. The van der Waals surface area contributed by atoms with Gasteiger partial charge in [0.2, 0.25) is 5.91 Å². The molecule has 1 fully saturated rings. The summed E-state index contributed by atoms with van der Waals surface area (Å²) in [5.41, 5.74) is 4.59. The number of para-hydroxylation sites is 2. The summed E-state index contributed by atoms with van der Waals surface area (Å²) in [6.45, 7) is 5.52. The van der Waals surface area contributed by atoms with Gasteiger partial charge in [0.15, 0.2) is 0 Å². The predicted molar refractivity (Wildman–Crippen MR) is 112 cm³/mol. The van der Waals surface area contributed by atoms with E-state index in [1.54, 1.807) is 4.90 Å². The van der Waals surface area contributed by atoms with Crippen molar-refractivity contribution in [3.8, 4) is 0 Å². The van der Waals surface area contributed by atoms with E-state index in [0.717, 1.165) is 33.8 Å². The van der Waals surface area contributed by atoms with Gasteiger partial charge in [0, 0.05) is 36.9 Å². The standard InChI is InChI=1S/C22H23N5O2/c1-13(2)27-19-6-4-3-5-17(19)25-21(27)16-12-20(28)24-18-11-14(7-8-15(16)18)26-10-9-23-22(26)29/h3-8,11,13,16H,9-10,12H2,1-2H3,(H,23,29)(H,24,28). The summed E-state index contributed by atoms with van der Waals surface area (Å²) in [4.78, 5) is 31.2. The lowest BCUT2D eigenvalue weighted by molar-refractivity contribution is -0.116. The quantitative estimate of drug-likeness (QED) is 0.718. The number of urea groups is 1. The zero-order chi connectivity index (χ0) is 20.1. The second-order valence-electron chi connectivity index (χ2n) is 7.88. The molecule has 2 aliphatic rings. The minimum atomic E-state index is -0.130. The summed E-state index contributed by atoms with van der Waals surface area (Å²) in [5, 5.41) is 5.80. The lowest BCUT2D eigenvalue weighted by atomic mass is 9.89. The first kappa shape index (κ1) is 17.7. The van der Waals surface area contributed by atoms with Crippen LogP contribution in [0.4, 0.5) is 16.2 Å². The van der Waals surface area contributed by atoms with Crippen LogP contribution in [0.25, 0.3) is 11.0 Å². The molecule has 148 valence electrons. The molecule has 2 aromatic carbocycles. The van der Waals surface area contributed by atoms with Gasteiger partial charge < -0.3 is 15.2 Å². The van der Waals surface area contributed by atoms with Crippen molar-refractivity contribution in [1.82, 2.24) is 14.9 Å². The number of aromatic nitrogens is 2. The van der Waals surface area contributed by atoms with Crippen molar-refractivity contribution >= 4 is 34.3 Å².